The molecule has 138 valence electrons. The first-order valence-electron chi connectivity index (χ1n) is 8.77. The van der Waals surface area contributed by atoms with E-state index in [0.717, 1.165) is 16.3 Å². The van der Waals surface area contributed by atoms with Crippen LogP contribution in [0, 0.1) is 6.92 Å². The lowest BCUT2D eigenvalue weighted by Crippen LogP contribution is -2.14. The molecule has 0 aliphatic carbocycles. The molecule has 1 amide bonds. The summed E-state index contributed by atoms with van der Waals surface area (Å²) in [6.07, 6.45) is 2.17. The summed E-state index contributed by atoms with van der Waals surface area (Å²) in [4.78, 5) is 21.8. The molecule has 1 heterocycles. The fourth-order valence-electron chi connectivity index (χ4n) is 2.60. The molecule has 3 aromatic rings. The largest absolute Gasteiger partial charge is 0.326 e. The molecule has 2 aromatic carbocycles. The van der Waals surface area contributed by atoms with Crippen molar-refractivity contribution >= 4 is 29.5 Å². The monoisotopic (exact) mass is 378 g/mol. The number of anilines is 2. The van der Waals surface area contributed by atoms with Gasteiger partial charge < -0.3 is 5.32 Å². The normalized spacial score (nSPS) is 11.6. The Kier molecular flexibility index (Phi) is 6.44. The van der Waals surface area contributed by atoms with E-state index in [4.69, 9.17) is 0 Å². The predicted octanol–water partition coefficient (Wildman–Crippen LogP) is 5.04. The summed E-state index contributed by atoms with van der Waals surface area (Å²) in [6, 6.07) is 19.6. The van der Waals surface area contributed by atoms with Crippen LogP contribution < -0.4 is 10.0 Å². The van der Waals surface area contributed by atoms with Gasteiger partial charge in [-0.1, -0.05) is 37.3 Å². The van der Waals surface area contributed by atoms with Crippen LogP contribution in [-0.2, 0) is 4.79 Å². The molecule has 0 radical (unpaired) electrons. The highest BCUT2D eigenvalue weighted by atomic mass is 32.2. The van der Waals surface area contributed by atoms with Crippen molar-refractivity contribution in [1.29, 1.82) is 0 Å². The van der Waals surface area contributed by atoms with Crippen LogP contribution in [0.4, 0.5) is 11.6 Å². The van der Waals surface area contributed by atoms with Crippen molar-refractivity contribution in [1.82, 2.24) is 9.97 Å². The van der Waals surface area contributed by atoms with Crippen LogP contribution >= 0.6 is 11.9 Å². The number of rotatable bonds is 7. The topological polar surface area (TPSA) is 66.9 Å². The maximum absolute atomic E-state index is 12.3. The molecule has 6 heteroatoms. The molecule has 0 bridgehead atoms. The number of nitrogens with zero attached hydrogens (tertiary/aromatic N) is 2. The number of aromatic nitrogens is 2. The van der Waals surface area contributed by atoms with Gasteiger partial charge in [-0.25, -0.2) is 9.97 Å². The number of nitrogens with one attached hydrogen (secondary N) is 2. The Hall–Kier alpha value is -2.86. The lowest BCUT2D eigenvalue weighted by atomic mass is 9.97. The van der Waals surface area contributed by atoms with Gasteiger partial charge >= 0.3 is 0 Å². The first-order valence-corrected chi connectivity index (χ1v) is 9.59. The Balaban J connectivity index is 1.50. The summed E-state index contributed by atoms with van der Waals surface area (Å²) in [6.45, 7) is 3.99. The fourth-order valence-corrected chi connectivity index (χ4v) is 3.18. The average Bonchev–Trinajstić information content (AvgIpc) is 2.68. The number of benzene rings is 2. The average molecular weight is 379 g/mol. The van der Waals surface area contributed by atoms with Crippen LogP contribution in [0.1, 0.15) is 30.5 Å². The first-order chi connectivity index (χ1) is 13.1. The summed E-state index contributed by atoms with van der Waals surface area (Å²) in [7, 11) is 0. The number of hydrogen-bond acceptors (Lipinski definition) is 5. The SMILES string of the molecule is Cc1ccnc(NSc2ccc(NC(=O)CC(C)c3ccccc3)cc2)n1. The molecule has 1 aromatic heterocycles. The molecule has 2 N–H and O–H groups in total. The van der Waals surface area contributed by atoms with E-state index in [2.05, 4.69) is 39.1 Å². The van der Waals surface area contributed by atoms with Gasteiger partial charge in [0.05, 0.1) is 0 Å². The minimum Gasteiger partial charge on any atom is -0.326 e. The van der Waals surface area contributed by atoms with Crippen molar-refractivity contribution in [2.45, 2.75) is 31.1 Å². The second-order valence-electron chi connectivity index (χ2n) is 6.31. The number of carbonyl (C=O) groups excluding carboxylic acids is 1. The maximum atomic E-state index is 12.3. The van der Waals surface area contributed by atoms with Crippen molar-refractivity contribution in [2.24, 2.45) is 0 Å². The Morgan fingerprint density at radius 1 is 1.07 bits per heavy atom. The molecule has 0 spiro atoms. The summed E-state index contributed by atoms with van der Waals surface area (Å²) >= 11 is 1.43. The molecule has 1 unspecified atom stereocenters. The molecule has 0 saturated carbocycles. The second-order valence-corrected chi connectivity index (χ2v) is 7.19. The summed E-state index contributed by atoms with van der Waals surface area (Å²) in [5, 5.41) is 2.96. The predicted molar refractivity (Wildman–Crippen MR) is 111 cm³/mol. The molecule has 0 saturated heterocycles. The van der Waals surface area contributed by atoms with Crippen LogP contribution in [0.15, 0.2) is 71.8 Å². The Morgan fingerprint density at radius 2 is 1.81 bits per heavy atom. The molecular formula is C21H22N4OS. The van der Waals surface area contributed by atoms with E-state index in [1.54, 1.807) is 6.20 Å². The van der Waals surface area contributed by atoms with Gasteiger partial charge in [0.25, 0.3) is 0 Å². The highest BCUT2D eigenvalue weighted by molar-refractivity contribution is 8.00. The standard InChI is InChI=1S/C21H22N4OS/c1-15(17-6-4-3-5-7-17)14-20(26)24-18-8-10-19(11-9-18)27-25-21-22-13-12-16(2)23-21/h3-13,15H,14H2,1-2H3,(H,24,26)(H,22,23,25). The zero-order valence-corrected chi connectivity index (χ0v) is 16.2. The lowest BCUT2D eigenvalue weighted by molar-refractivity contribution is -0.116. The van der Waals surface area contributed by atoms with Gasteiger partial charge in [-0.15, -0.1) is 0 Å². The van der Waals surface area contributed by atoms with Gasteiger partial charge in [0.2, 0.25) is 11.9 Å². The van der Waals surface area contributed by atoms with Gasteiger partial charge in [-0.3, -0.25) is 9.52 Å². The van der Waals surface area contributed by atoms with E-state index in [-0.39, 0.29) is 11.8 Å². The zero-order chi connectivity index (χ0) is 19.1. The smallest absolute Gasteiger partial charge is 0.233 e. The quantitative estimate of drug-likeness (QED) is 0.564. The second kappa shape index (κ2) is 9.19. The van der Waals surface area contributed by atoms with Crippen LogP contribution in [-0.4, -0.2) is 15.9 Å². The summed E-state index contributed by atoms with van der Waals surface area (Å²) < 4.78 is 3.11. The van der Waals surface area contributed by atoms with Gasteiger partial charge in [0.1, 0.15) is 0 Å². The van der Waals surface area contributed by atoms with Crippen LogP contribution in [0.25, 0.3) is 0 Å². The highest BCUT2D eigenvalue weighted by Gasteiger charge is 2.11. The van der Waals surface area contributed by atoms with E-state index in [9.17, 15) is 4.79 Å². The van der Waals surface area contributed by atoms with Gasteiger partial charge in [-0.05, 0) is 60.7 Å². The Labute approximate surface area is 163 Å². The van der Waals surface area contributed by atoms with Gasteiger partial charge in [0.15, 0.2) is 0 Å². The van der Waals surface area contributed by atoms with Crippen molar-refractivity contribution < 1.29 is 4.79 Å². The molecular weight excluding hydrogens is 356 g/mol. The summed E-state index contributed by atoms with van der Waals surface area (Å²) in [5.74, 6) is 0.768. The Bertz CT molecular complexity index is 884. The van der Waals surface area contributed by atoms with Crippen LogP contribution in [0.2, 0.25) is 0 Å². The summed E-state index contributed by atoms with van der Waals surface area (Å²) in [5.41, 5.74) is 2.87. The van der Waals surface area contributed by atoms with E-state index in [0.29, 0.717) is 12.4 Å². The zero-order valence-electron chi connectivity index (χ0n) is 15.3. The fraction of sp³-hybridized carbons (Fsp3) is 0.190. The first kappa shape index (κ1) is 18.9. The van der Waals surface area contributed by atoms with Gasteiger partial charge in [0, 0.05) is 28.9 Å². The van der Waals surface area contributed by atoms with Crippen LogP contribution in [0.3, 0.4) is 0 Å². The molecule has 3 rings (SSSR count). The van der Waals surface area contributed by atoms with E-state index in [1.165, 1.54) is 17.5 Å². The number of carbonyl (C=O) groups is 1. The number of amides is 1. The number of hydrogen-bond donors (Lipinski definition) is 2. The third kappa shape index (κ3) is 5.82. The number of aryl methyl sites for hydroxylation is 1. The van der Waals surface area contributed by atoms with E-state index < -0.39 is 0 Å². The van der Waals surface area contributed by atoms with Crippen molar-refractivity contribution in [2.75, 3.05) is 10.0 Å². The highest BCUT2D eigenvalue weighted by Crippen LogP contribution is 2.22. The lowest BCUT2D eigenvalue weighted by Gasteiger charge is -2.12. The van der Waals surface area contributed by atoms with E-state index >= 15 is 0 Å². The Morgan fingerprint density at radius 3 is 2.52 bits per heavy atom. The van der Waals surface area contributed by atoms with Crippen molar-refractivity contribution in [3.05, 3.63) is 78.1 Å². The molecule has 5 nitrogen and oxygen atoms in total. The third-order valence-corrected chi connectivity index (χ3v) is 4.85. The van der Waals surface area contributed by atoms with Crippen molar-refractivity contribution in [3.63, 3.8) is 0 Å². The third-order valence-electron chi connectivity index (χ3n) is 4.05. The molecule has 27 heavy (non-hydrogen) atoms. The molecule has 0 aliphatic heterocycles. The maximum Gasteiger partial charge on any atom is 0.233 e. The van der Waals surface area contributed by atoms with Gasteiger partial charge in [-0.2, -0.15) is 0 Å². The van der Waals surface area contributed by atoms with E-state index in [1.807, 2.05) is 55.5 Å². The molecule has 0 aliphatic rings. The minimum atomic E-state index is 0.0121. The molecule has 0 fully saturated rings. The van der Waals surface area contributed by atoms with Crippen molar-refractivity contribution in [3.8, 4) is 0 Å². The minimum absolute atomic E-state index is 0.0121. The van der Waals surface area contributed by atoms with Crippen LogP contribution in [0.5, 0.6) is 0 Å². The molecule has 1 atom stereocenters.